The van der Waals surface area contributed by atoms with Crippen LogP contribution in [-0.4, -0.2) is 16.1 Å². The molecule has 0 saturated heterocycles. The molecule has 0 aliphatic heterocycles. The van der Waals surface area contributed by atoms with Crippen molar-refractivity contribution in [3.63, 3.8) is 0 Å². The van der Waals surface area contributed by atoms with Crippen LogP contribution >= 0.6 is 0 Å². The van der Waals surface area contributed by atoms with Crippen molar-refractivity contribution in [2.75, 3.05) is 6.54 Å². The van der Waals surface area contributed by atoms with E-state index in [9.17, 15) is 0 Å². The molecule has 66 valence electrons. The predicted octanol–water partition coefficient (Wildman–Crippen LogP) is 1.26. The lowest BCUT2D eigenvalue weighted by atomic mass is 10.2. The molecule has 0 spiro atoms. The van der Waals surface area contributed by atoms with Gasteiger partial charge >= 0.3 is 0 Å². The number of imidazole rings is 1. The van der Waals surface area contributed by atoms with Crippen LogP contribution in [0.5, 0.6) is 0 Å². The van der Waals surface area contributed by atoms with Crippen molar-refractivity contribution in [1.82, 2.24) is 9.55 Å². The maximum absolute atomic E-state index is 5.48. The molecule has 0 aliphatic carbocycles. The molecule has 0 bridgehead atoms. The van der Waals surface area contributed by atoms with Crippen molar-refractivity contribution in [2.24, 2.45) is 5.73 Å². The van der Waals surface area contributed by atoms with Gasteiger partial charge in [-0.1, -0.05) is 5.57 Å². The Hall–Kier alpha value is -1.09. The summed E-state index contributed by atoms with van der Waals surface area (Å²) in [5.74, 6) is 0. The molecule has 0 amide bonds. The van der Waals surface area contributed by atoms with E-state index >= 15 is 0 Å². The van der Waals surface area contributed by atoms with Crippen LogP contribution in [0.3, 0.4) is 0 Å². The second-order valence-corrected chi connectivity index (χ2v) is 2.80. The number of hydrogen-bond acceptors (Lipinski definition) is 2. The van der Waals surface area contributed by atoms with Gasteiger partial charge in [-0.2, -0.15) is 0 Å². The van der Waals surface area contributed by atoms with Crippen LogP contribution in [0.4, 0.5) is 0 Å². The lowest BCUT2D eigenvalue weighted by Gasteiger charge is -2.00. The third-order valence-electron chi connectivity index (χ3n) is 1.80. The Balaban J connectivity index is 2.87. The van der Waals surface area contributed by atoms with Gasteiger partial charge in [0.25, 0.3) is 0 Å². The van der Waals surface area contributed by atoms with Crippen LogP contribution in [0.25, 0.3) is 6.08 Å². The fraction of sp³-hybridized carbons (Fsp3) is 0.444. The highest BCUT2D eigenvalue weighted by Crippen LogP contribution is 2.04. The number of nitrogens with two attached hydrogens (primary N) is 1. The summed E-state index contributed by atoms with van der Waals surface area (Å²) in [5, 5.41) is 0. The standard InChI is InChI=1S/C9H15N3/c1-3-12-7-11-6-9(12)4-8(2)5-10/h4,6-7H,3,5,10H2,1-2H3. The summed E-state index contributed by atoms with van der Waals surface area (Å²) in [6, 6.07) is 0. The first-order chi connectivity index (χ1) is 5.77. The SMILES string of the molecule is CCn1cncc1C=C(C)CN. The second-order valence-electron chi connectivity index (χ2n) is 2.80. The molecule has 1 aromatic heterocycles. The van der Waals surface area contributed by atoms with Crippen molar-refractivity contribution >= 4 is 6.08 Å². The summed E-state index contributed by atoms with van der Waals surface area (Å²) in [7, 11) is 0. The van der Waals surface area contributed by atoms with Gasteiger partial charge in [0.1, 0.15) is 0 Å². The number of rotatable bonds is 3. The zero-order valence-corrected chi connectivity index (χ0v) is 7.62. The minimum absolute atomic E-state index is 0.606. The van der Waals surface area contributed by atoms with Gasteiger partial charge in [0.2, 0.25) is 0 Å². The normalized spacial score (nSPS) is 12.1. The molecule has 0 aliphatic rings. The van der Waals surface area contributed by atoms with Crippen LogP contribution < -0.4 is 5.73 Å². The van der Waals surface area contributed by atoms with Crippen LogP contribution in [0.2, 0.25) is 0 Å². The van der Waals surface area contributed by atoms with E-state index in [4.69, 9.17) is 5.73 Å². The van der Waals surface area contributed by atoms with Gasteiger partial charge < -0.3 is 10.3 Å². The highest BCUT2D eigenvalue weighted by atomic mass is 15.0. The van der Waals surface area contributed by atoms with Gasteiger partial charge in [-0.3, -0.25) is 0 Å². The van der Waals surface area contributed by atoms with Gasteiger partial charge in [0, 0.05) is 13.1 Å². The number of hydrogen-bond donors (Lipinski definition) is 1. The average Bonchev–Trinajstić information content (AvgIpc) is 2.51. The smallest absolute Gasteiger partial charge is 0.0950 e. The van der Waals surface area contributed by atoms with E-state index in [0.29, 0.717) is 6.54 Å². The molecule has 0 unspecified atom stereocenters. The molecule has 0 fully saturated rings. The zero-order chi connectivity index (χ0) is 8.97. The number of aryl methyl sites for hydroxylation is 1. The van der Waals surface area contributed by atoms with Crippen molar-refractivity contribution in [3.8, 4) is 0 Å². The number of nitrogens with zero attached hydrogens (tertiary/aromatic N) is 2. The summed E-state index contributed by atoms with van der Waals surface area (Å²) in [6.07, 6.45) is 5.74. The molecule has 1 aromatic rings. The topological polar surface area (TPSA) is 43.8 Å². The van der Waals surface area contributed by atoms with Crippen LogP contribution in [0.1, 0.15) is 19.5 Å². The fourth-order valence-electron chi connectivity index (χ4n) is 1.03. The van der Waals surface area contributed by atoms with Gasteiger partial charge in [-0.25, -0.2) is 4.98 Å². The van der Waals surface area contributed by atoms with Crippen LogP contribution in [-0.2, 0) is 6.54 Å². The first-order valence-electron chi connectivity index (χ1n) is 4.15. The Morgan fingerprint density at radius 1 is 1.75 bits per heavy atom. The van der Waals surface area contributed by atoms with Crippen molar-refractivity contribution in [3.05, 3.63) is 23.8 Å². The quantitative estimate of drug-likeness (QED) is 0.733. The number of aromatic nitrogens is 2. The highest BCUT2D eigenvalue weighted by Gasteiger charge is 1.95. The van der Waals surface area contributed by atoms with Crippen LogP contribution in [0.15, 0.2) is 18.1 Å². The lowest BCUT2D eigenvalue weighted by molar-refractivity contribution is 0.754. The maximum atomic E-state index is 5.48. The Kier molecular flexibility index (Phi) is 3.05. The molecule has 0 radical (unpaired) electrons. The highest BCUT2D eigenvalue weighted by molar-refractivity contribution is 5.48. The minimum atomic E-state index is 0.606. The van der Waals surface area contributed by atoms with Gasteiger partial charge in [0.05, 0.1) is 18.2 Å². The molecule has 3 heteroatoms. The van der Waals surface area contributed by atoms with E-state index in [-0.39, 0.29) is 0 Å². The van der Waals surface area contributed by atoms with E-state index in [2.05, 4.69) is 22.6 Å². The molecule has 2 N–H and O–H groups in total. The third-order valence-corrected chi connectivity index (χ3v) is 1.80. The molecular formula is C9H15N3. The molecule has 3 nitrogen and oxygen atoms in total. The zero-order valence-electron chi connectivity index (χ0n) is 7.62. The summed E-state index contributed by atoms with van der Waals surface area (Å²) in [6.45, 7) is 5.67. The minimum Gasteiger partial charge on any atom is -0.331 e. The first kappa shape index (κ1) is 9.00. The van der Waals surface area contributed by atoms with Crippen LogP contribution in [0, 0.1) is 0 Å². The monoisotopic (exact) mass is 165 g/mol. The largest absolute Gasteiger partial charge is 0.331 e. The van der Waals surface area contributed by atoms with E-state index in [1.807, 2.05) is 19.4 Å². The molecule has 0 saturated carbocycles. The van der Waals surface area contributed by atoms with E-state index < -0.39 is 0 Å². The Morgan fingerprint density at radius 3 is 3.08 bits per heavy atom. The van der Waals surface area contributed by atoms with Crippen molar-refractivity contribution < 1.29 is 0 Å². The molecule has 1 heterocycles. The maximum Gasteiger partial charge on any atom is 0.0950 e. The summed E-state index contributed by atoms with van der Waals surface area (Å²) < 4.78 is 2.08. The van der Waals surface area contributed by atoms with Crippen molar-refractivity contribution in [1.29, 1.82) is 0 Å². The summed E-state index contributed by atoms with van der Waals surface area (Å²) in [4.78, 5) is 4.06. The van der Waals surface area contributed by atoms with Gasteiger partial charge in [0.15, 0.2) is 0 Å². The third kappa shape index (κ3) is 1.95. The molecule has 12 heavy (non-hydrogen) atoms. The first-order valence-corrected chi connectivity index (χ1v) is 4.15. The lowest BCUT2D eigenvalue weighted by Crippen LogP contribution is -2.01. The van der Waals surface area contributed by atoms with Crippen molar-refractivity contribution in [2.45, 2.75) is 20.4 Å². The molecule has 1 rings (SSSR count). The summed E-state index contributed by atoms with van der Waals surface area (Å²) >= 11 is 0. The average molecular weight is 165 g/mol. The molecule has 0 atom stereocenters. The predicted molar refractivity (Wildman–Crippen MR) is 50.6 cm³/mol. The van der Waals surface area contributed by atoms with E-state index in [1.165, 1.54) is 5.57 Å². The molecule has 0 aromatic carbocycles. The van der Waals surface area contributed by atoms with Gasteiger partial charge in [-0.05, 0) is 19.9 Å². The van der Waals surface area contributed by atoms with Gasteiger partial charge in [-0.15, -0.1) is 0 Å². The van der Waals surface area contributed by atoms with E-state index in [0.717, 1.165) is 12.2 Å². The summed E-state index contributed by atoms with van der Waals surface area (Å²) in [5.41, 5.74) is 7.78. The van der Waals surface area contributed by atoms with E-state index in [1.54, 1.807) is 0 Å². The Labute approximate surface area is 72.9 Å². The fourth-order valence-corrected chi connectivity index (χ4v) is 1.03. The Morgan fingerprint density at radius 2 is 2.50 bits per heavy atom. The second kappa shape index (κ2) is 4.07. The molecular weight excluding hydrogens is 150 g/mol. The Bertz CT molecular complexity index is 273.